The van der Waals surface area contributed by atoms with E-state index in [-0.39, 0.29) is 0 Å². The van der Waals surface area contributed by atoms with Gasteiger partial charge in [-0.3, -0.25) is 0 Å². The molecule has 2 heteroatoms. The molecule has 0 aliphatic rings. The van der Waals surface area contributed by atoms with Crippen LogP contribution in [0.1, 0.15) is 16.7 Å². The van der Waals surface area contributed by atoms with Crippen LogP contribution in [0.4, 0.5) is 0 Å². The number of aryl methyl sites for hydroxylation is 2. The van der Waals surface area contributed by atoms with E-state index in [4.69, 9.17) is 9.47 Å². The number of hydrogen-bond acceptors (Lipinski definition) is 2. The summed E-state index contributed by atoms with van der Waals surface area (Å²) in [6.45, 7) is 4.64. The lowest BCUT2D eigenvalue weighted by molar-refractivity contribution is 0.296. The Morgan fingerprint density at radius 2 is 1.72 bits per heavy atom. The van der Waals surface area contributed by atoms with Crippen molar-refractivity contribution in [2.75, 3.05) is 7.11 Å². The Bertz CT molecular complexity index is 532. The van der Waals surface area contributed by atoms with Crippen LogP contribution in [0.15, 0.2) is 42.5 Å². The molecule has 0 saturated carbocycles. The molecule has 2 aromatic carbocycles. The van der Waals surface area contributed by atoms with E-state index in [1.54, 1.807) is 7.11 Å². The Morgan fingerprint density at radius 3 is 2.44 bits per heavy atom. The number of benzene rings is 2. The second-order valence-electron chi connectivity index (χ2n) is 4.42. The highest BCUT2D eigenvalue weighted by molar-refractivity contribution is 5.37. The van der Waals surface area contributed by atoms with Gasteiger partial charge in [0, 0.05) is 5.56 Å². The molecule has 0 aliphatic carbocycles. The lowest BCUT2D eigenvalue weighted by Gasteiger charge is -2.11. The molecule has 0 amide bonds. The smallest absolute Gasteiger partial charge is 0.125 e. The van der Waals surface area contributed by atoms with Gasteiger partial charge < -0.3 is 9.47 Å². The summed E-state index contributed by atoms with van der Waals surface area (Å²) in [5, 5.41) is 0. The molecule has 0 unspecified atom stereocenters. The van der Waals surface area contributed by atoms with Gasteiger partial charge in [-0.15, -0.1) is 0 Å². The van der Waals surface area contributed by atoms with Gasteiger partial charge in [0.1, 0.15) is 18.1 Å². The SMILES string of the molecule is COc1ccc(C)cc1COc1cccc(C)c1. The Hall–Kier alpha value is -1.96. The van der Waals surface area contributed by atoms with Crippen LogP contribution >= 0.6 is 0 Å². The highest BCUT2D eigenvalue weighted by Gasteiger charge is 2.04. The predicted molar refractivity (Wildman–Crippen MR) is 73.2 cm³/mol. The standard InChI is InChI=1S/C16H18O2/c1-12-5-4-6-15(10-12)18-11-14-9-13(2)7-8-16(14)17-3/h4-10H,11H2,1-3H3. The topological polar surface area (TPSA) is 18.5 Å². The fraction of sp³-hybridized carbons (Fsp3) is 0.250. The van der Waals surface area contributed by atoms with Gasteiger partial charge in [0.25, 0.3) is 0 Å². The fourth-order valence-corrected chi connectivity index (χ4v) is 1.89. The maximum atomic E-state index is 5.79. The normalized spacial score (nSPS) is 10.2. The Kier molecular flexibility index (Phi) is 3.88. The summed E-state index contributed by atoms with van der Waals surface area (Å²) in [7, 11) is 1.68. The molecule has 2 aromatic rings. The van der Waals surface area contributed by atoms with Crippen molar-refractivity contribution < 1.29 is 9.47 Å². The highest BCUT2D eigenvalue weighted by atomic mass is 16.5. The van der Waals surface area contributed by atoms with E-state index in [2.05, 4.69) is 26.0 Å². The molecule has 0 saturated heterocycles. The maximum absolute atomic E-state index is 5.79. The van der Waals surface area contributed by atoms with Crippen molar-refractivity contribution in [3.63, 3.8) is 0 Å². The molecule has 18 heavy (non-hydrogen) atoms. The van der Waals surface area contributed by atoms with Crippen LogP contribution in [-0.2, 0) is 6.61 Å². The number of rotatable bonds is 4. The molecule has 0 spiro atoms. The Morgan fingerprint density at radius 1 is 0.944 bits per heavy atom. The van der Waals surface area contributed by atoms with Crippen LogP contribution in [0.25, 0.3) is 0 Å². The molecule has 2 nitrogen and oxygen atoms in total. The average Bonchev–Trinajstić information content (AvgIpc) is 2.37. The first kappa shape index (κ1) is 12.5. The zero-order chi connectivity index (χ0) is 13.0. The second-order valence-corrected chi connectivity index (χ2v) is 4.42. The Balaban J connectivity index is 2.12. The van der Waals surface area contributed by atoms with Crippen LogP contribution in [0.2, 0.25) is 0 Å². The lowest BCUT2D eigenvalue weighted by atomic mass is 10.1. The molecule has 0 aliphatic heterocycles. The largest absolute Gasteiger partial charge is 0.496 e. The van der Waals surface area contributed by atoms with Crippen LogP contribution in [0.5, 0.6) is 11.5 Å². The molecule has 2 rings (SSSR count). The lowest BCUT2D eigenvalue weighted by Crippen LogP contribution is -1.99. The first-order valence-corrected chi connectivity index (χ1v) is 6.02. The summed E-state index contributed by atoms with van der Waals surface area (Å²) in [4.78, 5) is 0. The second kappa shape index (κ2) is 5.58. The van der Waals surface area contributed by atoms with Crippen molar-refractivity contribution in [1.82, 2.24) is 0 Å². The molecule has 0 aromatic heterocycles. The average molecular weight is 242 g/mol. The molecule has 0 bridgehead atoms. The van der Waals surface area contributed by atoms with E-state index < -0.39 is 0 Å². The summed E-state index contributed by atoms with van der Waals surface area (Å²) < 4.78 is 11.1. The molecule has 0 fully saturated rings. The van der Waals surface area contributed by atoms with Crippen molar-refractivity contribution in [3.05, 3.63) is 59.2 Å². The third-order valence-electron chi connectivity index (χ3n) is 2.82. The molecule has 0 atom stereocenters. The number of methoxy groups -OCH3 is 1. The first-order chi connectivity index (χ1) is 8.69. The van der Waals surface area contributed by atoms with E-state index in [0.29, 0.717) is 6.61 Å². The molecule has 0 heterocycles. The molecule has 0 N–H and O–H groups in total. The van der Waals surface area contributed by atoms with E-state index in [9.17, 15) is 0 Å². The van der Waals surface area contributed by atoms with Crippen LogP contribution < -0.4 is 9.47 Å². The van der Waals surface area contributed by atoms with Crippen molar-refractivity contribution in [2.45, 2.75) is 20.5 Å². The predicted octanol–water partition coefficient (Wildman–Crippen LogP) is 3.89. The number of ether oxygens (including phenoxy) is 2. The summed E-state index contributed by atoms with van der Waals surface area (Å²) in [6, 6.07) is 14.2. The van der Waals surface area contributed by atoms with Crippen molar-refractivity contribution >= 4 is 0 Å². The van der Waals surface area contributed by atoms with E-state index in [0.717, 1.165) is 17.1 Å². The van der Waals surface area contributed by atoms with Crippen molar-refractivity contribution in [1.29, 1.82) is 0 Å². The van der Waals surface area contributed by atoms with Gasteiger partial charge in [-0.1, -0.05) is 23.8 Å². The number of hydrogen-bond donors (Lipinski definition) is 0. The van der Waals surface area contributed by atoms with Crippen LogP contribution in [0.3, 0.4) is 0 Å². The molecule has 0 radical (unpaired) electrons. The summed E-state index contributed by atoms with van der Waals surface area (Å²) in [5.41, 5.74) is 3.47. The molecule has 94 valence electrons. The van der Waals surface area contributed by atoms with Gasteiger partial charge in [-0.05, 0) is 43.7 Å². The van der Waals surface area contributed by atoms with Crippen LogP contribution in [-0.4, -0.2) is 7.11 Å². The molecular formula is C16H18O2. The van der Waals surface area contributed by atoms with E-state index >= 15 is 0 Å². The summed E-state index contributed by atoms with van der Waals surface area (Å²) in [6.07, 6.45) is 0. The van der Waals surface area contributed by atoms with Gasteiger partial charge in [-0.2, -0.15) is 0 Å². The van der Waals surface area contributed by atoms with E-state index in [1.165, 1.54) is 11.1 Å². The van der Waals surface area contributed by atoms with Gasteiger partial charge >= 0.3 is 0 Å². The minimum absolute atomic E-state index is 0.522. The Labute approximate surface area is 108 Å². The monoisotopic (exact) mass is 242 g/mol. The van der Waals surface area contributed by atoms with Gasteiger partial charge in [0.05, 0.1) is 7.11 Å². The summed E-state index contributed by atoms with van der Waals surface area (Å²) >= 11 is 0. The third kappa shape index (κ3) is 3.04. The highest BCUT2D eigenvalue weighted by Crippen LogP contribution is 2.22. The zero-order valence-electron chi connectivity index (χ0n) is 11.1. The fourth-order valence-electron chi connectivity index (χ4n) is 1.89. The van der Waals surface area contributed by atoms with Gasteiger partial charge in [0.15, 0.2) is 0 Å². The van der Waals surface area contributed by atoms with Crippen molar-refractivity contribution in [3.8, 4) is 11.5 Å². The van der Waals surface area contributed by atoms with Crippen LogP contribution in [0, 0.1) is 13.8 Å². The minimum Gasteiger partial charge on any atom is -0.496 e. The minimum atomic E-state index is 0.522. The molecular weight excluding hydrogens is 224 g/mol. The zero-order valence-corrected chi connectivity index (χ0v) is 11.1. The summed E-state index contributed by atoms with van der Waals surface area (Å²) in [5.74, 6) is 1.76. The third-order valence-corrected chi connectivity index (χ3v) is 2.82. The first-order valence-electron chi connectivity index (χ1n) is 6.02. The van der Waals surface area contributed by atoms with E-state index in [1.807, 2.05) is 30.3 Å². The maximum Gasteiger partial charge on any atom is 0.125 e. The van der Waals surface area contributed by atoms with Crippen molar-refractivity contribution in [2.24, 2.45) is 0 Å². The quantitative estimate of drug-likeness (QED) is 0.809. The van der Waals surface area contributed by atoms with Gasteiger partial charge in [0.2, 0.25) is 0 Å². The van der Waals surface area contributed by atoms with Gasteiger partial charge in [-0.25, -0.2) is 0 Å².